The molecule has 0 saturated heterocycles. The van der Waals surface area contributed by atoms with Crippen molar-refractivity contribution in [2.45, 2.75) is 10.6 Å². The van der Waals surface area contributed by atoms with Gasteiger partial charge in [0.2, 0.25) is 0 Å². The molecule has 1 N–H and O–H groups in total. The minimum Gasteiger partial charge on any atom is -0.478 e. The van der Waals surface area contributed by atoms with Gasteiger partial charge in [-0.3, -0.25) is 4.21 Å². The van der Waals surface area contributed by atoms with Gasteiger partial charge in [0.15, 0.2) is 0 Å². The lowest BCUT2D eigenvalue weighted by atomic mass is 10.2. The zero-order valence-corrected chi connectivity index (χ0v) is 12.6. The number of hydrogen-bond donors (Lipinski definition) is 1. The SMILES string of the molecule is O=C(O)c1cc(S(=O)Cc2cccc(Br)c2)ccc1F. The number of hydrogen-bond acceptors (Lipinski definition) is 2. The fraction of sp³-hybridized carbons (Fsp3) is 0.0714. The molecule has 0 bridgehead atoms. The molecule has 1 unspecified atom stereocenters. The van der Waals surface area contributed by atoms with Crippen LogP contribution < -0.4 is 0 Å². The molecule has 1 atom stereocenters. The van der Waals surface area contributed by atoms with Crippen molar-refractivity contribution in [3.05, 3.63) is 63.9 Å². The quantitative estimate of drug-likeness (QED) is 0.910. The molecule has 104 valence electrons. The zero-order valence-electron chi connectivity index (χ0n) is 10.2. The van der Waals surface area contributed by atoms with E-state index in [4.69, 9.17) is 5.11 Å². The summed E-state index contributed by atoms with van der Waals surface area (Å²) in [7, 11) is -1.43. The largest absolute Gasteiger partial charge is 0.478 e. The summed E-state index contributed by atoms with van der Waals surface area (Å²) < 4.78 is 26.3. The lowest BCUT2D eigenvalue weighted by molar-refractivity contribution is 0.0691. The molecule has 2 aromatic rings. The van der Waals surface area contributed by atoms with E-state index < -0.39 is 28.1 Å². The Kier molecular flexibility index (Phi) is 4.67. The van der Waals surface area contributed by atoms with Gasteiger partial charge in [-0.25, -0.2) is 9.18 Å². The van der Waals surface area contributed by atoms with Gasteiger partial charge in [0.1, 0.15) is 5.82 Å². The molecular weight excluding hydrogens is 347 g/mol. The van der Waals surface area contributed by atoms with Crippen molar-refractivity contribution in [2.75, 3.05) is 0 Å². The van der Waals surface area contributed by atoms with E-state index in [1.807, 2.05) is 24.3 Å². The Morgan fingerprint density at radius 2 is 2.00 bits per heavy atom. The molecule has 0 saturated carbocycles. The molecule has 0 fully saturated rings. The van der Waals surface area contributed by atoms with Crippen LogP contribution in [-0.2, 0) is 16.6 Å². The van der Waals surface area contributed by atoms with E-state index in [9.17, 15) is 13.4 Å². The summed E-state index contributed by atoms with van der Waals surface area (Å²) in [6, 6.07) is 10.8. The summed E-state index contributed by atoms with van der Waals surface area (Å²) in [6.07, 6.45) is 0. The first kappa shape index (κ1) is 14.9. The molecule has 0 spiro atoms. The number of benzene rings is 2. The van der Waals surface area contributed by atoms with Gasteiger partial charge < -0.3 is 5.11 Å². The molecule has 0 heterocycles. The predicted molar refractivity (Wildman–Crippen MR) is 77.6 cm³/mol. The fourth-order valence-corrected chi connectivity index (χ4v) is 3.24. The average Bonchev–Trinajstić information content (AvgIpc) is 2.38. The van der Waals surface area contributed by atoms with Crippen LogP contribution >= 0.6 is 15.9 Å². The summed E-state index contributed by atoms with van der Waals surface area (Å²) >= 11 is 3.32. The van der Waals surface area contributed by atoms with Gasteiger partial charge in [-0.1, -0.05) is 28.1 Å². The van der Waals surface area contributed by atoms with Gasteiger partial charge in [-0.15, -0.1) is 0 Å². The summed E-state index contributed by atoms with van der Waals surface area (Å²) in [5, 5.41) is 8.85. The highest BCUT2D eigenvalue weighted by atomic mass is 79.9. The van der Waals surface area contributed by atoms with Gasteiger partial charge >= 0.3 is 5.97 Å². The number of aromatic carboxylic acids is 1. The number of rotatable bonds is 4. The molecule has 0 amide bonds. The van der Waals surface area contributed by atoms with Crippen LogP contribution in [0.5, 0.6) is 0 Å². The molecule has 3 nitrogen and oxygen atoms in total. The molecule has 0 aliphatic carbocycles. The third-order valence-electron chi connectivity index (χ3n) is 2.62. The Labute approximate surface area is 126 Å². The first-order valence-corrected chi connectivity index (χ1v) is 7.74. The summed E-state index contributed by atoms with van der Waals surface area (Å²) in [5.74, 6) is -1.96. The highest BCUT2D eigenvalue weighted by Gasteiger charge is 2.14. The van der Waals surface area contributed by atoms with Crippen LogP contribution in [0.25, 0.3) is 0 Å². The van der Waals surface area contributed by atoms with Gasteiger partial charge in [-0.2, -0.15) is 0 Å². The number of carboxylic acids is 1. The normalized spacial score (nSPS) is 12.1. The zero-order chi connectivity index (χ0) is 14.7. The standard InChI is InChI=1S/C14H10BrFO3S/c15-10-3-1-2-9(6-10)8-20(19)11-4-5-13(16)12(7-11)14(17)18/h1-7H,8H2,(H,17,18). The van der Waals surface area contributed by atoms with E-state index in [-0.39, 0.29) is 5.75 Å². The molecular formula is C14H10BrFO3S. The first-order chi connectivity index (χ1) is 9.47. The summed E-state index contributed by atoms with van der Waals surface area (Å²) in [4.78, 5) is 11.1. The second-order valence-corrected chi connectivity index (χ2v) is 6.43. The van der Waals surface area contributed by atoms with Gasteiger partial charge in [0.05, 0.1) is 22.1 Å². The third-order valence-corrected chi connectivity index (χ3v) is 4.49. The van der Waals surface area contributed by atoms with E-state index in [0.29, 0.717) is 4.90 Å². The van der Waals surface area contributed by atoms with E-state index >= 15 is 0 Å². The van der Waals surface area contributed by atoms with Crippen LogP contribution in [0.15, 0.2) is 51.8 Å². The van der Waals surface area contributed by atoms with Crippen molar-refractivity contribution in [3.63, 3.8) is 0 Å². The van der Waals surface area contributed by atoms with Crippen LogP contribution in [0.2, 0.25) is 0 Å². The van der Waals surface area contributed by atoms with Crippen molar-refractivity contribution in [3.8, 4) is 0 Å². The predicted octanol–water partition coefficient (Wildman–Crippen LogP) is 3.59. The Bertz CT molecular complexity index is 688. The molecule has 0 aromatic heterocycles. The molecule has 0 aliphatic heterocycles. The van der Waals surface area contributed by atoms with Crippen LogP contribution in [-0.4, -0.2) is 15.3 Å². The number of carboxylic acid groups (broad SMARTS) is 1. The lowest BCUT2D eigenvalue weighted by Crippen LogP contribution is -2.03. The number of halogens is 2. The average molecular weight is 357 g/mol. The first-order valence-electron chi connectivity index (χ1n) is 5.63. The van der Waals surface area contributed by atoms with Crippen LogP contribution in [0.3, 0.4) is 0 Å². The molecule has 2 aromatic carbocycles. The maximum Gasteiger partial charge on any atom is 0.338 e. The van der Waals surface area contributed by atoms with Crippen molar-refractivity contribution in [2.24, 2.45) is 0 Å². The smallest absolute Gasteiger partial charge is 0.338 e. The Morgan fingerprint density at radius 1 is 1.25 bits per heavy atom. The topological polar surface area (TPSA) is 54.4 Å². The van der Waals surface area contributed by atoms with E-state index in [1.165, 1.54) is 6.07 Å². The second kappa shape index (κ2) is 6.28. The maximum absolute atomic E-state index is 13.3. The van der Waals surface area contributed by atoms with Crippen LogP contribution in [0.4, 0.5) is 4.39 Å². The molecule has 0 aliphatic rings. The Morgan fingerprint density at radius 3 is 2.65 bits per heavy atom. The Hall–Kier alpha value is -1.53. The van der Waals surface area contributed by atoms with Crippen molar-refractivity contribution < 1.29 is 18.5 Å². The lowest BCUT2D eigenvalue weighted by Gasteiger charge is -2.05. The highest BCUT2D eigenvalue weighted by molar-refractivity contribution is 9.10. The maximum atomic E-state index is 13.3. The minimum absolute atomic E-state index is 0.240. The van der Waals surface area contributed by atoms with Gasteiger partial charge in [-0.05, 0) is 35.9 Å². The number of carbonyl (C=O) groups is 1. The van der Waals surface area contributed by atoms with Gasteiger partial charge in [0, 0.05) is 9.37 Å². The van der Waals surface area contributed by atoms with E-state index in [1.54, 1.807) is 0 Å². The molecule has 2 rings (SSSR count). The van der Waals surface area contributed by atoms with Crippen molar-refractivity contribution in [1.29, 1.82) is 0 Å². The third kappa shape index (κ3) is 3.52. The highest BCUT2D eigenvalue weighted by Crippen LogP contribution is 2.18. The Balaban J connectivity index is 2.26. The molecule has 6 heteroatoms. The fourth-order valence-electron chi connectivity index (χ4n) is 1.67. The summed E-state index contributed by atoms with van der Waals surface area (Å²) in [5.41, 5.74) is 0.379. The van der Waals surface area contributed by atoms with Crippen molar-refractivity contribution in [1.82, 2.24) is 0 Å². The minimum atomic E-state index is -1.43. The monoisotopic (exact) mass is 356 g/mol. The molecule has 0 radical (unpaired) electrons. The van der Waals surface area contributed by atoms with Crippen LogP contribution in [0.1, 0.15) is 15.9 Å². The summed E-state index contributed by atoms with van der Waals surface area (Å²) in [6.45, 7) is 0. The van der Waals surface area contributed by atoms with E-state index in [0.717, 1.165) is 22.2 Å². The molecule has 20 heavy (non-hydrogen) atoms. The van der Waals surface area contributed by atoms with Crippen molar-refractivity contribution >= 4 is 32.7 Å². The van der Waals surface area contributed by atoms with Crippen LogP contribution in [0, 0.1) is 5.82 Å². The van der Waals surface area contributed by atoms with Gasteiger partial charge in [0.25, 0.3) is 0 Å². The second-order valence-electron chi connectivity index (χ2n) is 4.07. The van der Waals surface area contributed by atoms with E-state index in [2.05, 4.69) is 15.9 Å².